The van der Waals surface area contributed by atoms with Gasteiger partial charge in [0.15, 0.2) is 0 Å². The first kappa shape index (κ1) is 17.9. The summed E-state index contributed by atoms with van der Waals surface area (Å²) in [6.07, 6.45) is 0.646. The van der Waals surface area contributed by atoms with Crippen molar-refractivity contribution >= 4 is 11.8 Å². The number of aromatic hydroxyl groups is 2. The average molecular weight is 355 g/mol. The van der Waals surface area contributed by atoms with Crippen LogP contribution in [0.25, 0.3) is 0 Å². The first-order valence-corrected chi connectivity index (χ1v) is 8.51. The van der Waals surface area contributed by atoms with Gasteiger partial charge in [0.05, 0.1) is 18.6 Å². The van der Waals surface area contributed by atoms with Gasteiger partial charge in [-0.3, -0.25) is 14.5 Å². The minimum atomic E-state index is -0.601. The third-order valence-corrected chi connectivity index (χ3v) is 4.70. The summed E-state index contributed by atoms with van der Waals surface area (Å²) in [5.74, 6) is -1.40. The zero-order valence-electron chi connectivity index (χ0n) is 14.2. The molecule has 2 amide bonds. The third kappa shape index (κ3) is 3.70. The van der Waals surface area contributed by atoms with Crippen molar-refractivity contribution in [2.45, 2.75) is 25.3 Å². The number of imide groups is 1. The molecule has 6 heteroatoms. The lowest BCUT2D eigenvalue weighted by atomic mass is 9.97. The Morgan fingerprint density at radius 1 is 1.08 bits per heavy atom. The van der Waals surface area contributed by atoms with E-state index >= 15 is 0 Å². The maximum Gasteiger partial charge on any atom is 0.233 e. The second kappa shape index (κ2) is 7.58. The molecule has 3 N–H and O–H groups in total. The number of amides is 2. The maximum absolute atomic E-state index is 12.8. The van der Waals surface area contributed by atoms with Gasteiger partial charge in [0, 0.05) is 12.5 Å². The van der Waals surface area contributed by atoms with Crippen LogP contribution >= 0.6 is 0 Å². The lowest BCUT2D eigenvalue weighted by Gasteiger charge is -2.25. The van der Waals surface area contributed by atoms with Crippen molar-refractivity contribution < 1.29 is 24.9 Å². The summed E-state index contributed by atoms with van der Waals surface area (Å²) in [4.78, 5) is 26.3. The van der Waals surface area contributed by atoms with Crippen molar-refractivity contribution in [1.82, 2.24) is 4.90 Å². The number of phenols is 2. The Labute approximate surface area is 151 Å². The van der Waals surface area contributed by atoms with Gasteiger partial charge in [-0.1, -0.05) is 36.4 Å². The highest BCUT2D eigenvalue weighted by atomic mass is 16.3. The Hall–Kier alpha value is -2.86. The van der Waals surface area contributed by atoms with Crippen LogP contribution in [0.4, 0.5) is 0 Å². The molecule has 2 aromatic rings. The van der Waals surface area contributed by atoms with E-state index in [-0.39, 0.29) is 42.8 Å². The number of aliphatic hydroxyl groups is 1. The van der Waals surface area contributed by atoms with Gasteiger partial charge >= 0.3 is 0 Å². The second-order valence-electron chi connectivity index (χ2n) is 6.55. The fourth-order valence-corrected chi connectivity index (χ4v) is 3.37. The predicted octanol–water partition coefficient (Wildman–Crippen LogP) is 1.62. The largest absolute Gasteiger partial charge is 0.508 e. The molecule has 6 nitrogen and oxygen atoms in total. The lowest BCUT2D eigenvalue weighted by Crippen LogP contribution is -2.44. The van der Waals surface area contributed by atoms with Crippen LogP contribution in [-0.2, 0) is 22.4 Å². The molecule has 0 spiro atoms. The van der Waals surface area contributed by atoms with Gasteiger partial charge in [-0.05, 0) is 30.0 Å². The van der Waals surface area contributed by atoms with Crippen LogP contribution < -0.4 is 0 Å². The van der Waals surface area contributed by atoms with Crippen molar-refractivity contribution in [3.05, 3.63) is 59.7 Å². The standard InChI is InChI=1S/C20H21NO5/c22-12-16(8-13-4-2-1-3-5-13)21-19(25)10-15(20(21)26)9-14-6-7-17(23)11-18(14)24/h1-7,11,15-16,22-24H,8-10,12H2. The normalized spacial score (nSPS) is 18.3. The van der Waals surface area contributed by atoms with Crippen LogP contribution in [0.1, 0.15) is 17.5 Å². The number of carbonyl (C=O) groups excluding carboxylic acids is 2. The highest BCUT2D eigenvalue weighted by molar-refractivity contribution is 6.04. The molecule has 1 fully saturated rings. The number of phenolic OH excluding ortho intramolecular Hbond substituents is 2. The molecule has 0 aromatic heterocycles. The molecule has 0 radical (unpaired) electrons. The van der Waals surface area contributed by atoms with E-state index in [2.05, 4.69) is 0 Å². The highest BCUT2D eigenvalue weighted by Crippen LogP contribution is 2.30. The fourth-order valence-electron chi connectivity index (χ4n) is 3.37. The first-order chi connectivity index (χ1) is 12.5. The number of aliphatic hydroxyl groups excluding tert-OH is 1. The van der Waals surface area contributed by atoms with Crippen LogP contribution in [-0.4, -0.2) is 44.7 Å². The number of hydrogen-bond donors (Lipinski definition) is 3. The molecular formula is C20H21NO5. The summed E-state index contributed by atoms with van der Waals surface area (Å²) in [6.45, 7) is -0.302. The van der Waals surface area contributed by atoms with Crippen molar-refractivity contribution in [2.24, 2.45) is 5.92 Å². The number of rotatable bonds is 6. The molecule has 0 saturated carbocycles. The maximum atomic E-state index is 12.8. The van der Waals surface area contributed by atoms with Crippen molar-refractivity contribution in [2.75, 3.05) is 6.61 Å². The monoisotopic (exact) mass is 355 g/mol. The molecule has 3 rings (SSSR count). The average Bonchev–Trinajstić information content (AvgIpc) is 2.90. The van der Waals surface area contributed by atoms with E-state index in [1.54, 1.807) is 6.07 Å². The van der Waals surface area contributed by atoms with Gasteiger partial charge in [0.1, 0.15) is 11.5 Å². The SMILES string of the molecule is O=C1CC(Cc2ccc(O)cc2O)C(=O)N1C(CO)Cc1ccccc1. The Morgan fingerprint density at radius 2 is 1.81 bits per heavy atom. The third-order valence-electron chi connectivity index (χ3n) is 4.70. The lowest BCUT2D eigenvalue weighted by molar-refractivity contribution is -0.143. The summed E-state index contributed by atoms with van der Waals surface area (Å²) in [5, 5.41) is 29.0. The highest BCUT2D eigenvalue weighted by Gasteiger charge is 2.42. The zero-order chi connectivity index (χ0) is 18.7. The van der Waals surface area contributed by atoms with Crippen molar-refractivity contribution in [3.63, 3.8) is 0 Å². The predicted molar refractivity (Wildman–Crippen MR) is 94.5 cm³/mol. The quantitative estimate of drug-likeness (QED) is 0.684. The van der Waals surface area contributed by atoms with Gasteiger partial charge < -0.3 is 15.3 Å². The molecule has 1 saturated heterocycles. The van der Waals surface area contributed by atoms with E-state index in [4.69, 9.17) is 0 Å². The van der Waals surface area contributed by atoms with Gasteiger partial charge in [-0.25, -0.2) is 0 Å². The van der Waals surface area contributed by atoms with E-state index in [0.29, 0.717) is 12.0 Å². The summed E-state index contributed by atoms with van der Waals surface area (Å²) in [7, 11) is 0. The topological polar surface area (TPSA) is 98.1 Å². The Morgan fingerprint density at radius 3 is 2.46 bits per heavy atom. The van der Waals surface area contributed by atoms with Gasteiger partial charge in [-0.15, -0.1) is 0 Å². The summed E-state index contributed by atoms with van der Waals surface area (Å²) in [6, 6.07) is 13.0. The minimum absolute atomic E-state index is 0.0461. The molecule has 136 valence electrons. The van der Waals surface area contributed by atoms with E-state index in [0.717, 1.165) is 10.5 Å². The van der Waals surface area contributed by atoms with Gasteiger partial charge in [0.25, 0.3) is 0 Å². The van der Waals surface area contributed by atoms with Crippen LogP contribution in [0, 0.1) is 5.92 Å². The van der Waals surface area contributed by atoms with Crippen molar-refractivity contribution in [1.29, 1.82) is 0 Å². The molecular weight excluding hydrogens is 334 g/mol. The molecule has 2 atom stereocenters. The number of hydrogen-bond acceptors (Lipinski definition) is 5. The molecule has 0 bridgehead atoms. The minimum Gasteiger partial charge on any atom is -0.508 e. The van der Waals surface area contributed by atoms with Crippen LogP contribution in [0.5, 0.6) is 11.5 Å². The van der Waals surface area contributed by atoms with E-state index in [1.165, 1.54) is 12.1 Å². The molecule has 2 aromatic carbocycles. The molecule has 26 heavy (non-hydrogen) atoms. The van der Waals surface area contributed by atoms with E-state index < -0.39 is 12.0 Å². The molecule has 0 aliphatic carbocycles. The summed E-state index contributed by atoms with van der Waals surface area (Å²) < 4.78 is 0. The molecule has 1 heterocycles. The molecule has 1 aliphatic heterocycles. The fraction of sp³-hybridized carbons (Fsp3) is 0.300. The Bertz CT molecular complexity index is 805. The second-order valence-corrected chi connectivity index (χ2v) is 6.55. The number of carbonyl (C=O) groups is 2. The number of benzene rings is 2. The van der Waals surface area contributed by atoms with Crippen LogP contribution in [0.3, 0.4) is 0 Å². The smallest absolute Gasteiger partial charge is 0.233 e. The summed E-state index contributed by atoms with van der Waals surface area (Å²) in [5.41, 5.74) is 1.44. The van der Waals surface area contributed by atoms with E-state index in [1.807, 2.05) is 30.3 Å². The first-order valence-electron chi connectivity index (χ1n) is 8.51. The van der Waals surface area contributed by atoms with Crippen LogP contribution in [0.2, 0.25) is 0 Å². The van der Waals surface area contributed by atoms with Crippen LogP contribution in [0.15, 0.2) is 48.5 Å². The van der Waals surface area contributed by atoms with Crippen molar-refractivity contribution in [3.8, 4) is 11.5 Å². The molecule has 1 aliphatic rings. The Kier molecular flexibility index (Phi) is 5.23. The zero-order valence-corrected chi connectivity index (χ0v) is 14.2. The Balaban J connectivity index is 1.75. The number of nitrogens with zero attached hydrogens (tertiary/aromatic N) is 1. The molecule has 2 unspecified atom stereocenters. The summed E-state index contributed by atoms with van der Waals surface area (Å²) >= 11 is 0. The van der Waals surface area contributed by atoms with E-state index in [9.17, 15) is 24.9 Å². The number of likely N-dealkylation sites (tertiary alicyclic amines) is 1. The van der Waals surface area contributed by atoms with Gasteiger partial charge in [-0.2, -0.15) is 0 Å². The van der Waals surface area contributed by atoms with Gasteiger partial charge in [0.2, 0.25) is 11.8 Å².